The van der Waals surface area contributed by atoms with Gasteiger partial charge in [0.05, 0.1) is 6.54 Å². The van der Waals surface area contributed by atoms with Gasteiger partial charge in [-0.25, -0.2) is 0 Å². The van der Waals surface area contributed by atoms with Gasteiger partial charge in [-0.2, -0.15) is 0 Å². The van der Waals surface area contributed by atoms with Crippen molar-refractivity contribution in [3.63, 3.8) is 0 Å². The molecule has 0 aromatic heterocycles. The molecule has 1 amide bonds. The fourth-order valence-corrected chi connectivity index (χ4v) is 3.01. The van der Waals surface area contributed by atoms with Gasteiger partial charge < -0.3 is 15.4 Å². The summed E-state index contributed by atoms with van der Waals surface area (Å²) in [7, 11) is 0. The Hall–Kier alpha value is -1.55. The smallest absolute Gasteiger partial charge is 0.226 e. The molecule has 4 heteroatoms. The summed E-state index contributed by atoms with van der Waals surface area (Å²) in [5.74, 6) is 1.26. The van der Waals surface area contributed by atoms with Crippen LogP contribution in [0.25, 0.3) is 0 Å². The van der Waals surface area contributed by atoms with Crippen LogP contribution in [-0.4, -0.2) is 30.0 Å². The molecule has 1 aromatic carbocycles. The van der Waals surface area contributed by atoms with Crippen molar-refractivity contribution in [1.82, 2.24) is 4.90 Å². The summed E-state index contributed by atoms with van der Waals surface area (Å²) in [6, 6.07) is 8.15. The molecule has 1 fully saturated rings. The molecule has 0 unspecified atom stereocenters. The summed E-state index contributed by atoms with van der Waals surface area (Å²) in [6.07, 6.45) is 2.73. The first-order valence-electron chi connectivity index (χ1n) is 6.99. The molecule has 1 saturated carbocycles. The van der Waals surface area contributed by atoms with Crippen LogP contribution in [0.1, 0.15) is 24.8 Å². The number of benzene rings is 1. The van der Waals surface area contributed by atoms with E-state index in [2.05, 4.69) is 0 Å². The van der Waals surface area contributed by atoms with Gasteiger partial charge >= 0.3 is 0 Å². The predicted octanol–water partition coefficient (Wildman–Crippen LogP) is 1.53. The molecule has 102 valence electrons. The van der Waals surface area contributed by atoms with Gasteiger partial charge in [0.25, 0.3) is 0 Å². The molecule has 1 aliphatic heterocycles. The van der Waals surface area contributed by atoms with Crippen LogP contribution in [0.2, 0.25) is 0 Å². The quantitative estimate of drug-likeness (QED) is 0.833. The molecule has 2 N–H and O–H groups in total. The largest absolute Gasteiger partial charge is 0.491 e. The lowest BCUT2D eigenvalue weighted by molar-refractivity contribution is -0.136. The lowest BCUT2D eigenvalue weighted by atomic mass is 10.1. The van der Waals surface area contributed by atoms with Crippen LogP contribution in [0.3, 0.4) is 0 Å². The highest BCUT2D eigenvalue weighted by Gasteiger charge is 2.31. The highest BCUT2D eigenvalue weighted by molar-refractivity contribution is 5.79. The Morgan fingerprint density at radius 3 is 2.95 bits per heavy atom. The van der Waals surface area contributed by atoms with Crippen LogP contribution >= 0.6 is 0 Å². The highest BCUT2D eigenvalue weighted by Crippen LogP contribution is 2.28. The van der Waals surface area contributed by atoms with Crippen LogP contribution in [0.5, 0.6) is 5.75 Å². The zero-order valence-electron chi connectivity index (χ0n) is 11.0. The van der Waals surface area contributed by atoms with Crippen molar-refractivity contribution in [3.05, 3.63) is 29.8 Å². The van der Waals surface area contributed by atoms with E-state index in [1.807, 2.05) is 29.2 Å². The second kappa shape index (κ2) is 5.21. The van der Waals surface area contributed by atoms with Gasteiger partial charge in [0.2, 0.25) is 5.91 Å². The monoisotopic (exact) mass is 260 g/mol. The van der Waals surface area contributed by atoms with E-state index in [1.54, 1.807) is 0 Å². The van der Waals surface area contributed by atoms with Gasteiger partial charge in [-0.05, 0) is 25.3 Å². The molecule has 0 saturated heterocycles. The molecule has 19 heavy (non-hydrogen) atoms. The Morgan fingerprint density at radius 1 is 1.32 bits per heavy atom. The maximum Gasteiger partial charge on any atom is 0.226 e. The number of carbonyl (C=O) groups is 1. The Bertz CT molecular complexity index is 475. The minimum Gasteiger partial charge on any atom is -0.491 e. The molecule has 1 aromatic rings. The standard InChI is InChI=1S/C15H20N2O2/c16-13-6-5-11(9-13)15(18)17-7-8-19-14-4-2-1-3-12(14)10-17/h1-4,11,13H,5-10,16H2/t11-,13+/m0/s1. The molecule has 3 rings (SSSR count). The van der Waals surface area contributed by atoms with Gasteiger partial charge in [0.15, 0.2) is 0 Å². The number of rotatable bonds is 1. The SMILES string of the molecule is N[C@@H]1CC[C@H](C(=O)N2CCOc3ccccc3C2)C1. The van der Waals surface area contributed by atoms with Gasteiger partial charge in [0, 0.05) is 24.1 Å². The number of fused-ring (bicyclic) bond motifs is 1. The van der Waals surface area contributed by atoms with Gasteiger partial charge in [-0.1, -0.05) is 18.2 Å². The average molecular weight is 260 g/mol. The topological polar surface area (TPSA) is 55.6 Å². The Labute approximate surface area is 113 Å². The number of carbonyl (C=O) groups excluding carboxylic acids is 1. The number of nitrogens with zero attached hydrogens (tertiary/aromatic N) is 1. The van der Waals surface area contributed by atoms with Crippen molar-refractivity contribution in [2.75, 3.05) is 13.2 Å². The van der Waals surface area contributed by atoms with Crippen molar-refractivity contribution >= 4 is 5.91 Å². The van der Waals surface area contributed by atoms with Gasteiger partial charge in [0.1, 0.15) is 12.4 Å². The summed E-state index contributed by atoms with van der Waals surface area (Å²) in [5, 5.41) is 0. The second-order valence-electron chi connectivity index (χ2n) is 5.49. The Balaban J connectivity index is 1.73. The fraction of sp³-hybridized carbons (Fsp3) is 0.533. The molecule has 1 aliphatic carbocycles. The van der Waals surface area contributed by atoms with E-state index < -0.39 is 0 Å². The third kappa shape index (κ3) is 2.59. The molecule has 4 nitrogen and oxygen atoms in total. The van der Waals surface area contributed by atoms with E-state index in [9.17, 15) is 4.79 Å². The molecule has 0 radical (unpaired) electrons. The highest BCUT2D eigenvalue weighted by atomic mass is 16.5. The number of amides is 1. The summed E-state index contributed by atoms with van der Waals surface area (Å²) >= 11 is 0. The zero-order valence-corrected chi connectivity index (χ0v) is 11.0. The molecule has 0 spiro atoms. The third-order valence-corrected chi connectivity index (χ3v) is 4.09. The molecule has 2 atom stereocenters. The number of hydrogen-bond donors (Lipinski definition) is 1. The number of para-hydroxylation sites is 1. The minimum atomic E-state index is 0.111. The summed E-state index contributed by atoms with van der Waals surface area (Å²) in [5.41, 5.74) is 7.00. The van der Waals surface area contributed by atoms with Crippen molar-refractivity contribution in [1.29, 1.82) is 0 Å². The predicted molar refractivity (Wildman–Crippen MR) is 72.7 cm³/mol. The van der Waals surface area contributed by atoms with E-state index >= 15 is 0 Å². The van der Waals surface area contributed by atoms with Gasteiger partial charge in [-0.15, -0.1) is 0 Å². The van der Waals surface area contributed by atoms with Crippen LogP contribution in [0.15, 0.2) is 24.3 Å². The zero-order chi connectivity index (χ0) is 13.2. The van der Waals surface area contributed by atoms with E-state index in [0.717, 1.165) is 30.6 Å². The van der Waals surface area contributed by atoms with Crippen molar-refractivity contribution in [2.45, 2.75) is 31.8 Å². The number of nitrogens with two attached hydrogens (primary N) is 1. The molecular weight excluding hydrogens is 240 g/mol. The maximum atomic E-state index is 12.5. The number of ether oxygens (including phenoxy) is 1. The summed E-state index contributed by atoms with van der Waals surface area (Å²) in [6.45, 7) is 1.89. The van der Waals surface area contributed by atoms with Crippen LogP contribution in [0, 0.1) is 5.92 Å². The van der Waals surface area contributed by atoms with E-state index in [1.165, 1.54) is 0 Å². The first kappa shape index (κ1) is 12.5. The Kier molecular flexibility index (Phi) is 3.42. The lowest BCUT2D eigenvalue weighted by Gasteiger charge is -2.23. The average Bonchev–Trinajstić information content (AvgIpc) is 2.74. The van der Waals surface area contributed by atoms with Crippen molar-refractivity contribution < 1.29 is 9.53 Å². The normalized spacial score (nSPS) is 26.5. The summed E-state index contributed by atoms with van der Waals surface area (Å²) < 4.78 is 5.69. The maximum absolute atomic E-state index is 12.5. The van der Waals surface area contributed by atoms with E-state index in [4.69, 9.17) is 10.5 Å². The molecule has 0 bridgehead atoms. The van der Waals surface area contributed by atoms with Gasteiger partial charge in [-0.3, -0.25) is 4.79 Å². The van der Waals surface area contributed by atoms with E-state index in [-0.39, 0.29) is 17.9 Å². The number of hydrogen-bond acceptors (Lipinski definition) is 3. The van der Waals surface area contributed by atoms with Crippen molar-refractivity contribution in [3.8, 4) is 5.75 Å². The summed E-state index contributed by atoms with van der Waals surface area (Å²) in [4.78, 5) is 14.4. The minimum absolute atomic E-state index is 0.111. The third-order valence-electron chi connectivity index (χ3n) is 4.09. The molecule has 1 heterocycles. The molecule has 2 aliphatic rings. The second-order valence-corrected chi connectivity index (χ2v) is 5.49. The molecular formula is C15H20N2O2. The first-order valence-corrected chi connectivity index (χ1v) is 6.99. The lowest BCUT2D eigenvalue weighted by Crippen LogP contribution is -2.36. The van der Waals surface area contributed by atoms with Crippen LogP contribution < -0.4 is 10.5 Å². The van der Waals surface area contributed by atoms with E-state index in [0.29, 0.717) is 19.7 Å². The fourth-order valence-electron chi connectivity index (χ4n) is 3.01. The van der Waals surface area contributed by atoms with Crippen molar-refractivity contribution in [2.24, 2.45) is 11.7 Å². The van der Waals surface area contributed by atoms with Crippen LogP contribution in [0.4, 0.5) is 0 Å². The Morgan fingerprint density at radius 2 is 2.16 bits per heavy atom. The first-order chi connectivity index (χ1) is 9.24. The van der Waals surface area contributed by atoms with Crippen LogP contribution in [-0.2, 0) is 11.3 Å².